The highest BCUT2D eigenvalue weighted by Gasteiger charge is 2.44. The molecule has 1 N–H and O–H groups in total. The van der Waals surface area contributed by atoms with Crippen LogP contribution in [-0.2, 0) is 0 Å². The maximum atomic E-state index is 13.7. The first kappa shape index (κ1) is 22.4. The van der Waals surface area contributed by atoms with Crippen molar-refractivity contribution in [2.75, 3.05) is 39.3 Å². The molecule has 2 aromatic rings. The van der Waals surface area contributed by atoms with Crippen LogP contribution in [-0.4, -0.2) is 67.1 Å². The van der Waals surface area contributed by atoms with Gasteiger partial charge < -0.3 is 15.0 Å². The van der Waals surface area contributed by atoms with Crippen LogP contribution in [0.15, 0.2) is 54.6 Å². The first-order chi connectivity index (χ1) is 16.3. The topological polar surface area (TPSA) is 44.8 Å². The van der Waals surface area contributed by atoms with E-state index in [9.17, 15) is 4.79 Å². The van der Waals surface area contributed by atoms with Gasteiger partial charge in [-0.2, -0.15) is 0 Å². The Kier molecular flexibility index (Phi) is 7.27. The van der Waals surface area contributed by atoms with Gasteiger partial charge in [-0.25, -0.2) is 0 Å². The number of hydrogen-bond donors (Lipinski definition) is 1. The molecule has 3 heterocycles. The summed E-state index contributed by atoms with van der Waals surface area (Å²) in [5, 5.41) is 3.81. The minimum atomic E-state index is 0.135. The highest BCUT2D eigenvalue weighted by atomic mass is 16.5. The zero-order chi connectivity index (χ0) is 22.5. The van der Waals surface area contributed by atoms with Gasteiger partial charge in [0, 0.05) is 36.7 Å². The van der Waals surface area contributed by atoms with Gasteiger partial charge in [0.15, 0.2) is 0 Å². The highest BCUT2D eigenvalue weighted by Crippen LogP contribution is 2.36. The standard InChI is InChI=1S/C28H37N3O2/c32-28(23-12-9-13-24(20-23)33-19-18-30-16-7-8-17-30)31-21-25(22-10-3-1-4-11-22)27-26(31)14-5-2-6-15-29-27/h1,3-4,9-13,20,25-27,29H,2,5-8,14-19,21H2/t25-,26-,27-/m0/s1. The Morgan fingerprint density at radius 2 is 1.82 bits per heavy atom. The fourth-order valence-electron chi connectivity index (χ4n) is 5.89. The number of hydrogen-bond acceptors (Lipinski definition) is 4. The zero-order valence-electron chi connectivity index (χ0n) is 19.6. The average Bonchev–Trinajstić information content (AvgIpc) is 3.47. The van der Waals surface area contributed by atoms with Crippen LogP contribution >= 0.6 is 0 Å². The monoisotopic (exact) mass is 447 g/mol. The number of rotatable bonds is 6. The third kappa shape index (κ3) is 5.25. The third-order valence-corrected chi connectivity index (χ3v) is 7.64. The molecule has 5 rings (SSSR count). The summed E-state index contributed by atoms with van der Waals surface area (Å²) in [7, 11) is 0. The van der Waals surface area contributed by atoms with Crippen molar-refractivity contribution in [2.45, 2.75) is 56.5 Å². The summed E-state index contributed by atoms with van der Waals surface area (Å²) in [6, 6.07) is 19.1. The quantitative estimate of drug-likeness (QED) is 0.717. The van der Waals surface area contributed by atoms with Gasteiger partial charge in [-0.15, -0.1) is 0 Å². The summed E-state index contributed by atoms with van der Waals surface area (Å²) < 4.78 is 6.03. The number of carbonyl (C=O) groups excluding carboxylic acids is 1. The van der Waals surface area contributed by atoms with Crippen molar-refractivity contribution >= 4 is 5.91 Å². The van der Waals surface area contributed by atoms with E-state index in [-0.39, 0.29) is 11.9 Å². The number of benzene rings is 2. The summed E-state index contributed by atoms with van der Waals surface area (Å²) >= 11 is 0. The van der Waals surface area contributed by atoms with E-state index in [1.165, 1.54) is 50.8 Å². The lowest BCUT2D eigenvalue weighted by molar-refractivity contribution is 0.0712. The largest absolute Gasteiger partial charge is 0.492 e. The van der Waals surface area contributed by atoms with Crippen molar-refractivity contribution in [3.05, 3.63) is 65.7 Å². The normalized spacial score (nSPS) is 25.9. The van der Waals surface area contributed by atoms with E-state index in [1.54, 1.807) is 0 Å². The van der Waals surface area contributed by atoms with Gasteiger partial charge in [-0.1, -0.05) is 49.2 Å². The molecular weight excluding hydrogens is 410 g/mol. The Balaban J connectivity index is 1.31. The molecule has 0 aromatic heterocycles. The van der Waals surface area contributed by atoms with Crippen molar-refractivity contribution in [3.8, 4) is 5.75 Å². The maximum Gasteiger partial charge on any atom is 0.254 e. The summed E-state index contributed by atoms with van der Waals surface area (Å²) in [5.74, 6) is 1.26. The van der Waals surface area contributed by atoms with Crippen LogP contribution in [0.1, 0.15) is 60.4 Å². The predicted octanol–water partition coefficient (Wildman–Crippen LogP) is 4.30. The number of amides is 1. The minimum Gasteiger partial charge on any atom is -0.492 e. The second-order valence-corrected chi connectivity index (χ2v) is 9.80. The molecule has 0 spiro atoms. The molecule has 0 aliphatic carbocycles. The number of fused-ring (bicyclic) bond motifs is 1. The van der Waals surface area contributed by atoms with Gasteiger partial charge >= 0.3 is 0 Å². The maximum absolute atomic E-state index is 13.7. The molecule has 5 heteroatoms. The van der Waals surface area contributed by atoms with Crippen molar-refractivity contribution in [1.82, 2.24) is 15.1 Å². The van der Waals surface area contributed by atoms with Crippen LogP contribution < -0.4 is 10.1 Å². The zero-order valence-corrected chi connectivity index (χ0v) is 19.6. The second kappa shape index (κ2) is 10.7. The Morgan fingerprint density at radius 3 is 2.67 bits per heavy atom. The average molecular weight is 448 g/mol. The van der Waals surface area contributed by atoms with Gasteiger partial charge in [0.05, 0.1) is 0 Å². The molecule has 0 radical (unpaired) electrons. The molecule has 1 amide bonds. The first-order valence-corrected chi connectivity index (χ1v) is 12.8. The van der Waals surface area contributed by atoms with E-state index in [4.69, 9.17) is 4.74 Å². The molecule has 3 fully saturated rings. The van der Waals surface area contributed by atoms with Gasteiger partial charge in [-0.3, -0.25) is 9.69 Å². The molecule has 3 aliphatic heterocycles. The van der Waals surface area contributed by atoms with Gasteiger partial charge in [0.2, 0.25) is 0 Å². The lowest BCUT2D eigenvalue weighted by Crippen LogP contribution is -2.47. The van der Waals surface area contributed by atoms with E-state index >= 15 is 0 Å². The van der Waals surface area contributed by atoms with Crippen molar-refractivity contribution in [1.29, 1.82) is 0 Å². The molecule has 176 valence electrons. The van der Waals surface area contributed by atoms with E-state index in [2.05, 4.69) is 45.4 Å². The van der Waals surface area contributed by atoms with Crippen LogP contribution in [0.4, 0.5) is 0 Å². The third-order valence-electron chi connectivity index (χ3n) is 7.64. The molecular formula is C28H37N3O2. The Labute approximate surface area is 198 Å². The Bertz CT molecular complexity index is 912. The minimum absolute atomic E-state index is 0.135. The summed E-state index contributed by atoms with van der Waals surface area (Å²) in [5.41, 5.74) is 2.07. The van der Waals surface area contributed by atoms with E-state index in [0.717, 1.165) is 37.4 Å². The molecule has 0 saturated carbocycles. The van der Waals surface area contributed by atoms with Crippen molar-refractivity contribution < 1.29 is 9.53 Å². The lowest BCUT2D eigenvalue weighted by Gasteiger charge is -2.31. The van der Waals surface area contributed by atoms with Crippen LogP contribution in [0.2, 0.25) is 0 Å². The van der Waals surface area contributed by atoms with Crippen molar-refractivity contribution in [3.63, 3.8) is 0 Å². The smallest absolute Gasteiger partial charge is 0.254 e. The molecule has 33 heavy (non-hydrogen) atoms. The summed E-state index contributed by atoms with van der Waals surface area (Å²) in [6.45, 7) is 5.79. The first-order valence-electron chi connectivity index (χ1n) is 12.8. The van der Waals surface area contributed by atoms with E-state index in [0.29, 0.717) is 18.6 Å². The molecule has 5 nitrogen and oxygen atoms in total. The SMILES string of the molecule is O=C(c1cccc(OCCN2CCCC2)c1)N1C[C@@H](c2ccccc2)[C@@H]2NCCCCC[C@@H]21. The number of carbonyl (C=O) groups is 1. The molecule has 0 bridgehead atoms. The Morgan fingerprint density at radius 1 is 0.970 bits per heavy atom. The molecule has 0 unspecified atom stereocenters. The molecule has 3 aliphatic rings. The lowest BCUT2D eigenvalue weighted by atomic mass is 9.88. The number of likely N-dealkylation sites (tertiary alicyclic amines) is 2. The fourth-order valence-corrected chi connectivity index (χ4v) is 5.89. The van der Waals surface area contributed by atoms with E-state index < -0.39 is 0 Å². The molecule has 3 saturated heterocycles. The van der Waals surface area contributed by atoms with Crippen LogP contribution in [0.5, 0.6) is 5.75 Å². The number of nitrogens with one attached hydrogen (secondary N) is 1. The molecule has 3 atom stereocenters. The predicted molar refractivity (Wildman–Crippen MR) is 132 cm³/mol. The molecule has 2 aromatic carbocycles. The number of nitrogens with zero attached hydrogens (tertiary/aromatic N) is 2. The van der Waals surface area contributed by atoms with Crippen LogP contribution in [0.25, 0.3) is 0 Å². The van der Waals surface area contributed by atoms with Crippen molar-refractivity contribution in [2.24, 2.45) is 0 Å². The van der Waals surface area contributed by atoms with Gasteiger partial charge in [-0.05, 0) is 69.1 Å². The van der Waals surface area contributed by atoms with Crippen LogP contribution in [0, 0.1) is 0 Å². The van der Waals surface area contributed by atoms with E-state index in [1.807, 2.05) is 24.3 Å². The van der Waals surface area contributed by atoms with Gasteiger partial charge in [0.25, 0.3) is 5.91 Å². The highest BCUT2D eigenvalue weighted by molar-refractivity contribution is 5.95. The van der Waals surface area contributed by atoms with Gasteiger partial charge in [0.1, 0.15) is 12.4 Å². The second-order valence-electron chi connectivity index (χ2n) is 9.80. The Hall–Kier alpha value is -2.37. The number of ether oxygens (including phenoxy) is 1. The summed E-state index contributed by atoms with van der Waals surface area (Å²) in [4.78, 5) is 18.3. The fraction of sp³-hybridized carbons (Fsp3) is 0.536. The van der Waals surface area contributed by atoms with Crippen LogP contribution in [0.3, 0.4) is 0 Å². The summed E-state index contributed by atoms with van der Waals surface area (Å²) in [6.07, 6.45) is 7.29.